The summed E-state index contributed by atoms with van der Waals surface area (Å²) in [6.07, 6.45) is -2.23. The maximum atomic E-state index is 13.2. The van der Waals surface area contributed by atoms with Gasteiger partial charge in [-0.05, 0) is 24.3 Å². The molecule has 0 saturated heterocycles. The van der Waals surface area contributed by atoms with Crippen LogP contribution in [0.25, 0.3) is 0 Å². The van der Waals surface area contributed by atoms with Gasteiger partial charge >= 0.3 is 6.18 Å². The summed E-state index contributed by atoms with van der Waals surface area (Å²) in [5.74, 6) is -1.30. The standard InChI is InChI=1S/C17H17F3N4O3/c1-24(5-6-27-2)16(26)12-7-13(17(18,19)20)9-14(8-12)23-15(25)11-3-4-21-22-10-11/h3-4,7-10H,5-6H2,1-2H3,(H,23,25). The Bertz CT molecular complexity index is 813. The van der Waals surface area contributed by atoms with E-state index in [4.69, 9.17) is 4.74 Å². The van der Waals surface area contributed by atoms with Gasteiger partial charge in [-0.15, -0.1) is 0 Å². The van der Waals surface area contributed by atoms with Crippen molar-refractivity contribution in [3.63, 3.8) is 0 Å². The maximum Gasteiger partial charge on any atom is 0.416 e. The van der Waals surface area contributed by atoms with Crippen molar-refractivity contribution in [1.29, 1.82) is 0 Å². The minimum atomic E-state index is -4.68. The Morgan fingerprint density at radius 2 is 1.93 bits per heavy atom. The largest absolute Gasteiger partial charge is 0.416 e. The second-order valence-electron chi connectivity index (χ2n) is 5.60. The van der Waals surface area contributed by atoms with Crippen LogP contribution in [0.5, 0.6) is 0 Å². The van der Waals surface area contributed by atoms with Gasteiger partial charge in [-0.2, -0.15) is 23.4 Å². The van der Waals surface area contributed by atoms with Crippen molar-refractivity contribution >= 4 is 17.5 Å². The summed E-state index contributed by atoms with van der Waals surface area (Å²) in [6.45, 7) is 0.440. The monoisotopic (exact) mass is 382 g/mol. The molecule has 1 aromatic carbocycles. The summed E-state index contributed by atoms with van der Waals surface area (Å²) in [5, 5.41) is 9.41. The number of ether oxygens (including phenoxy) is 1. The molecule has 1 aromatic heterocycles. The normalized spacial score (nSPS) is 11.1. The van der Waals surface area contributed by atoms with Gasteiger partial charge in [0.1, 0.15) is 0 Å². The average molecular weight is 382 g/mol. The Balaban J connectivity index is 2.34. The molecule has 0 saturated carbocycles. The van der Waals surface area contributed by atoms with Crippen LogP contribution >= 0.6 is 0 Å². The highest BCUT2D eigenvalue weighted by Gasteiger charge is 2.32. The number of carbonyl (C=O) groups excluding carboxylic acids is 2. The number of methoxy groups -OCH3 is 1. The Morgan fingerprint density at radius 1 is 1.19 bits per heavy atom. The third kappa shape index (κ3) is 5.48. The first-order valence-electron chi connectivity index (χ1n) is 7.77. The van der Waals surface area contributed by atoms with Gasteiger partial charge in [0.25, 0.3) is 11.8 Å². The van der Waals surface area contributed by atoms with E-state index in [-0.39, 0.29) is 30.0 Å². The van der Waals surface area contributed by atoms with Crippen LogP contribution < -0.4 is 5.32 Å². The Morgan fingerprint density at radius 3 is 2.52 bits per heavy atom. The summed E-state index contributed by atoms with van der Waals surface area (Å²) >= 11 is 0. The zero-order valence-electron chi connectivity index (χ0n) is 14.6. The Hall–Kier alpha value is -3.01. The van der Waals surface area contributed by atoms with Crippen LogP contribution in [0.2, 0.25) is 0 Å². The number of nitrogens with one attached hydrogen (secondary N) is 1. The molecule has 0 aliphatic rings. The molecule has 2 amide bonds. The average Bonchev–Trinajstić information content (AvgIpc) is 2.65. The molecule has 0 spiro atoms. The molecule has 0 unspecified atom stereocenters. The number of amides is 2. The topological polar surface area (TPSA) is 84.4 Å². The molecule has 2 rings (SSSR count). The van der Waals surface area contributed by atoms with E-state index in [1.54, 1.807) is 0 Å². The minimum absolute atomic E-state index is 0.118. The number of halogens is 3. The number of hydrogen-bond acceptors (Lipinski definition) is 5. The van der Waals surface area contributed by atoms with Gasteiger partial charge in [0.05, 0.1) is 30.1 Å². The summed E-state index contributed by atoms with van der Waals surface area (Å²) in [7, 11) is 2.90. The van der Waals surface area contributed by atoms with Gasteiger partial charge in [0.15, 0.2) is 0 Å². The number of anilines is 1. The number of carbonyl (C=O) groups is 2. The highest BCUT2D eigenvalue weighted by Crippen LogP contribution is 2.32. The molecule has 2 aromatic rings. The molecule has 1 N–H and O–H groups in total. The van der Waals surface area contributed by atoms with Crippen LogP contribution in [0, 0.1) is 0 Å². The second-order valence-corrected chi connectivity index (χ2v) is 5.60. The first-order chi connectivity index (χ1) is 12.7. The maximum absolute atomic E-state index is 13.2. The molecule has 0 radical (unpaired) electrons. The molecule has 0 atom stereocenters. The summed E-state index contributed by atoms with van der Waals surface area (Å²) in [4.78, 5) is 25.8. The fourth-order valence-electron chi connectivity index (χ4n) is 2.17. The first kappa shape index (κ1) is 20.3. The zero-order valence-corrected chi connectivity index (χ0v) is 14.6. The van der Waals surface area contributed by atoms with E-state index in [2.05, 4.69) is 15.5 Å². The molecule has 0 fully saturated rings. The molecule has 1 heterocycles. The molecular formula is C17H17F3N4O3. The molecular weight excluding hydrogens is 365 g/mol. The fraction of sp³-hybridized carbons (Fsp3) is 0.294. The lowest BCUT2D eigenvalue weighted by atomic mass is 10.1. The lowest BCUT2D eigenvalue weighted by Gasteiger charge is -2.18. The van der Waals surface area contributed by atoms with Crippen LogP contribution in [0.3, 0.4) is 0 Å². The van der Waals surface area contributed by atoms with Gasteiger partial charge < -0.3 is 15.0 Å². The van der Waals surface area contributed by atoms with E-state index < -0.39 is 23.6 Å². The lowest BCUT2D eigenvalue weighted by Crippen LogP contribution is -2.30. The van der Waals surface area contributed by atoms with Gasteiger partial charge in [-0.1, -0.05) is 0 Å². The van der Waals surface area contributed by atoms with Crippen LogP contribution in [-0.4, -0.2) is 54.2 Å². The Kier molecular flexibility index (Phi) is 6.45. The van der Waals surface area contributed by atoms with Gasteiger partial charge in [0.2, 0.25) is 0 Å². The van der Waals surface area contributed by atoms with Crippen LogP contribution in [0.4, 0.5) is 18.9 Å². The zero-order chi connectivity index (χ0) is 20.0. The molecule has 7 nitrogen and oxygen atoms in total. The van der Waals surface area contributed by atoms with E-state index in [0.29, 0.717) is 0 Å². The van der Waals surface area contributed by atoms with Crippen molar-refractivity contribution in [3.8, 4) is 0 Å². The smallest absolute Gasteiger partial charge is 0.383 e. The minimum Gasteiger partial charge on any atom is -0.383 e. The van der Waals surface area contributed by atoms with Crippen LogP contribution in [0.15, 0.2) is 36.7 Å². The number of nitrogens with zero attached hydrogens (tertiary/aromatic N) is 3. The molecule has 0 aliphatic heterocycles. The van der Waals surface area contributed by atoms with E-state index in [1.807, 2.05) is 0 Å². The van der Waals surface area contributed by atoms with Gasteiger partial charge in [0, 0.05) is 32.0 Å². The summed E-state index contributed by atoms with van der Waals surface area (Å²) in [5.41, 5.74) is -1.29. The van der Waals surface area contributed by atoms with E-state index >= 15 is 0 Å². The molecule has 0 bridgehead atoms. The number of rotatable bonds is 6. The number of aromatic nitrogens is 2. The predicted molar refractivity (Wildman–Crippen MR) is 90.3 cm³/mol. The van der Waals surface area contributed by atoms with E-state index in [9.17, 15) is 22.8 Å². The summed E-state index contributed by atoms with van der Waals surface area (Å²) < 4.78 is 44.5. The summed E-state index contributed by atoms with van der Waals surface area (Å²) in [6, 6.07) is 4.06. The Labute approximate surface area is 153 Å². The highest BCUT2D eigenvalue weighted by atomic mass is 19.4. The van der Waals surface area contributed by atoms with Crippen molar-refractivity contribution in [3.05, 3.63) is 53.3 Å². The number of alkyl halides is 3. The van der Waals surface area contributed by atoms with Gasteiger partial charge in [-0.25, -0.2) is 0 Å². The lowest BCUT2D eigenvalue weighted by molar-refractivity contribution is -0.137. The predicted octanol–water partition coefficient (Wildman–Crippen LogP) is 2.47. The quantitative estimate of drug-likeness (QED) is 0.830. The molecule has 27 heavy (non-hydrogen) atoms. The number of benzene rings is 1. The van der Waals surface area contributed by atoms with E-state index in [1.165, 1.54) is 43.6 Å². The highest BCUT2D eigenvalue weighted by molar-refractivity contribution is 6.05. The number of likely N-dealkylation sites (N-methyl/N-ethyl adjacent to an activating group) is 1. The van der Waals surface area contributed by atoms with E-state index in [0.717, 1.165) is 12.1 Å². The van der Waals surface area contributed by atoms with Crippen molar-refractivity contribution in [2.45, 2.75) is 6.18 Å². The van der Waals surface area contributed by atoms with Crippen LogP contribution in [-0.2, 0) is 10.9 Å². The van der Waals surface area contributed by atoms with Crippen molar-refractivity contribution in [2.75, 3.05) is 32.6 Å². The van der Waals surface area contributed by atoms with Crippen molar-refractivity contribution in [2.24, 2.45) is 0 Å². The first-order valence-corrected chi connectivity index (χ1v) is 7.77. The van der Waals surface area contributed by atoms with Crippen molar-refractivity contribution < 1.29 is 27.5 Å². The van der Waals surface area contributed by atoms with Crippen LogP contribution in [0.1, 0.15) is 26.3 Å². The molecule has 144 valence electrons. The molecule has 0 aliphatic carbocycles. The second kappa shape index (κ2) is 8.58. The number of hydrogen-bond donors (Lipinski definition) is 1. The molecule has 10 heteroatoms. The fourth-order valence-corrected chi connectivity index (χ4v) is 2.17. The van der Waals surface area contributed by atoms with Crippen molar-refractivity contribution in [1.82, 2.24) is 15.1 Å². The third-order valence-electron chi connectivity index (χ3n) is 3.59. The SMILES string of the molecule is COCCN(C)C(=O)c1cc(NC(=O)c2ccnnc2)cc(C(F)(F)F)c1. The third-order valence-corrected chi connectivity index (χ3v) is 3.59. The van der Waals surface area contributed by atoms with Gasteiger partial charge in [-0.3, -0.25) is 9.59 Å².